The highest BCUT2D eigenvalue weighted by Gasteiger charge is 2.24. The second-order valence-corrected chi connectivity index (χ2v) is 8.11. The molecule has 2 aromatic heterocycles. The first-order valence-corrected chi connectivity index (χ1v) is 10.9. The third kappa shape index (κ3) is 4.21. The van der Waals surface area contributed by atoms with Crippen molar-refractivity contribution in [1.29, 1.82) is 0 Å². The van der Waals surface area contributed by atoms with Gasteiger partial charge in [0.2, 0.25) is 0 Å². The SMILES string of the molecule is CCN1CCN(C(=O)c2ccc(-c3ccnc(C)c3-c3ccc(N)nc3C)cc2F)CC1. The molecule has 1 aliphatic rings. The van der Waals surface area contributed by atoms with Crippen LogP contribution in [0.25, 0.3) is 22.3 Å². The summed E-state index contributed by atoms with van der Waals surface area (Å²) in [5.41, 5.74) is 10.8. The van der Waals surface area contributed by atoms with Gasteiger partial charge in [-0.3, -0.25) is 9.78 Å². The molecular weight excluding hydrogens is 405 g/mol. The number of amides is 1. The Bertz CT molecular complexity index is 1160. The molecule has 4 rings (SSSR count). The molecule has 1 fully saturated rings. The van der Waals surface area contributed by atoms with Crippen LogP contribution < -0.4 is 5.73 Å². The topological polar surface area (TPSA) is 75.3 Å². The van der Waals surface area contributed by atoms with Crippen molar-refractivity contribution in [1.82, 2.24) is 19.8 Å². The lowest BCUT2D eigenvalue weighted by Gasteiger charge is -2.34. The van der Waals surface area contributed by atoms with E-state index in [0.29, 0.717) is 24.5 Å². The number of pyridine rings is 2. The van der Waals surface area contributed by atoms with Gasteiger partial charge in [0.15, 0.2) is 0 Å². The number of aryl methyl sites for hydroxylation is 2. The lowest BCUT2D eigenvalue weighted by Crippen LogP contribution is -2.48. The molecule has 1 aromatic carbocycles. The highest BCUT2D eigenvalue weighted by atomic mass is 19.1. The number of anilines is 1. The van der Waals surface area contributed by atoms with E-state index in [1.807, 2.05) is 26.0 Å². The predicted molar refractivity (Wildman–Crippen MR) is 125 cm³/mol. The summed E-state index contributed by atoms with van der Waals surface area (Å²) in [4.78, 5) is 25.7. The van der Waals surface area contributed by atoms with Gasteiger partial charge in [-0.15, -0.1) is 0 Å². The number of likely N-dealkylation sites (N-methyl/N-ethyl adjacent to an activating group) is 1. The zero-order chi connectivity index (χ0) is 22.8. The van der Waals surface area contributed by atoms with Gasteiger partial charge in [-0.2, -0.15) is 0 Å². The fourth-order valence-electron chi connectivity index (χ4n) is 4.29. The molecule has 1 aliphatic heterocycles. The van der Waals surface area contributed by atoms with Gasteiger partial charge >= 0.3 is 0 Å². The molecule has 0 atom stereocenters. The van der Waals surface area contributed by atoms with E-state index in [4.69, 9.17) is 5.73 Å². The third-order valence-corrected chi connectivity index (χ3v) is 6.13. The minimum Gasteiger partial charge on any atom is -0.384 e. The zero-order valence-corrected chi connectivity index (χ0v) is 18.7. The van der Waals surface area contributed by atoms with E-state index in [1.165, 1.54) is 6.07 Å². The van der Waals surface area contributed by atoms with Crippen LogP contribution in [0.2, 0.25) is 0 Å². The molecule has 6 nitrogen and oxygen atoms in total. The van der Waals surface area contributed by atoms with Gasteiger partial charge in [0, 0.05) is 54.9 Å². The largest absolute Gasteiger partial charge is 0.384 e. The summed E-state index contributed by atoms with van der Waals surface area (Å²) in [6.45, 7) is 9.74. The van der Waals surface area contributed by atoms with Crippen LogP contribution in [0.15, 0.2) is 42.6 Å². The number of aromatic nitrogens is 2. The third-order valence-electron chi connectivity index (χ3n) is 6.13. The van der Waals surface area contributed by atoms with Gasteiger partial charge in [-0.1, -0.05) is 13.0 Å². The molecule has 0 radical (unpaired) electrons. The van der Waals surface area contributed by atoms with Gasteiger partial charge in [0.1, 0.15) is 11.6 Å². The number of piperazine rings is 1. The summed E-state index contributed by atoms with van der Waals surface area (Å²) >= 11 is 0. The minimum absolute atomic E-state index is 0.108. The van der Waals surface area contributed by atoms with Crippen LogP contribution >= 0.6 is 0 Å². The van der Waals surface area contributed by atoms with Gasteiger partial charge in [-0.25, -0.2) is 9.37 Å². The quantitative estimate of drug-likeness (QED) is 0.675. The predicted octanol–water partition coefficient (Wildman–Crippen LogP) is 3.93. The molecule has 2 N–H and O–H groups in total. The molecule has 0 spiro atoms. The van der Waals surface area contributed by atoms with Crippen LogP contribution in [0.3, 0.4) is 0 Å². The number of carbonyl (C=O) groups is 1. The fraction of sp³-hybridized carbons (Fsp3) is 0.320. The van der Waals surface area contributed by atoms with Crippen LogP contribution in [0.4, 0.5) is 10.2 Å². The average Bonchev–Trinajstić information content (AvgIpc) is 2.79. The fourth-order valence-corrected chi connectivity index (χ4v) is 4.29. The van der Waals surface area contributed by atoms with E-state index in [9.17, 15) is 4.79 Å². The lowest BCUT2D eigenvalue weighted by atomic mass is 9.92. The van der Waals surface area contributed by atoms with Crippen molar-refractivity contribution >= 4 is 11.7 Å². The summed E-state index contributed by atoms with van der Waals surface area (Å²) in [5.74, 6) is -0.324. The Morgan fingerprint density at radius 2 is 1.78 bits per heavy atom. The number of nitrogen functional groups attached to an aromatic ring is 1. The Hall–Kier alpha value is -3.32. The Kier molecular flexibility index (Phi) is 6.19. The van der Waals surface area contributed by atoms with Crippen molar-refractivity contribution in [3.05, 3.63) is 65.4 Å². The maximum atomic E-state index is 15.1. The Morgan fingerprint density at radius 3 is 2.44 bits per heavy atom. The highest BCUT2D eigenvalue weighted by molar-refractivity contribution is 5.95. The van der Waals surface area contributed by atoms with E-state index >= 15 is 4.39 Å². The Balaban J connectivity index is 1.68. The first-order chi connectivity index (χ1) is 15.4. The van der Waals surface area contributed by atoms with Gasteiger partial charge < -0.3 is 15.5 Å². The van der Waals surface area contributed by atoms with Gasteiger partial charge in [0.05, 0.1) is 5.56 Å². The van der Waals surface area contributed by atoms with E-state index in [1.54, 1.807) is 29.3 Å². The number of hydrogen-bond acceptors (Lipinski definition) is 5. The monoisotopic (exact) mass is 433 g/mol. The second-order valence-electron chi connectivity index (χ2n) is 8.11. The Labute approximate surface area is 187 Å². The normalized spacial score (nSPS) is 14.6. The van der Waals surface area contributed by atoms with Crippen molar-refractivity contribution in [2.75, 3.05) is 38.5 Å². The molecule has 0 bridgehead atoms. The van der Waals surface area contributed by atoms with Crippen molar-refractivity contribution in [2.45, 2.75) is 20.8 Å². The van der Waals surface area contributed by atoms with Gasteiger partial charge in [0.25, 0.3) is 5.91 Å². The molecule has 32 heavy (non-hydrogen) atoms. The van der Waals surface area contributed by atoms with Crippen LogP contribution in [-0.2, 0) is 0 Å². The molecule has 0 saturated carbocycles. The zero-order valence-electron chi connectivity index (χ0n) is 18.7. The number of benzene rings is 1. The molecule has 1 amide bonds. The molecule has 0 aliphatic carbocycles. The average molecular weight is 434 g/mol. The minimum atomic E-state index is -0.516. The summed E-state index contributed by atoms with van der Waals surface area (Å²) in [5, 5.41) is 0. The summed E-state index contributed by atoms with van der Waals surface area (Å²) in [7, 11) is 0. The molecule has 7 heteroatoms. The molecule has 0 unspecified atom stereocenters. The second kappa shape index (κ2) is 9.04. The number of rotatable bonds is 4. The summed E-state index contributed by atoms with van der Waals surface area (Å²) in [6, 6.07) is 10.4. The van der Waals surface area contributed by atoms with Crippen molar-refractivity contribution in [2.24, 2.45) is 0 Å². The molecule has 166 valence electrons. The number of nitrogens with zero attached hydrogens (tertiary/aromatic N) is 4. The molecule has 3 heterocycles. The number of carbonyl (C=O) groups excluding carboxylic acids is 1. The summed E-state index contributed by atoms with van der Waals surface area (Å²) < 4.78 is 15.1. The van der Waals surface area contributed by atoms with Crippen LogP contribution in [-0.4, -0.2) is 58.4 Å². The van der Waals surface area contributed by atoms with Gasteiger partial charge in [-0.05, 0) is 61.9 Å². The van der Waals surface area contributed by atoms with E-state index in [-0.39, 0.29) is 11.5 Å². The number of hydrogen-bond donors (Lipinski definition) is 1. The maximum Gasteiger partial charge on any atom is 0.256 e. The van der Waals surface area contributed by atoms with Crippen molar-refractivity contribution in [3.63, 3.8) is 0 Å². The van der Waals surface area contributed by atoms with E-state index in [2.05, 4.69) is 21.8 Å². The molecule has 1 saturated heterocycles. The van der Waals surface area contributed by atoms with Crippen LogP contribution in [0, 0.1) is 19.7 Å². The molecular formula is C25H28FN5O. The molecule has 3 aromatic rings. The number of halogens is 1. The first-order valence-electron chi connectivity index (χ1n) is 10.9. The lowest BCUT2D eigenvalue weighted by molar-refractivity contribution is 0.0639. The maximum absolute atomic E-state index is 15.1. The van der Waals surface area contributed by atoms with Crippen molar-refractivity contribution < 1.29 is 9.18 Å². The van der Waals surface area contributed by atoms with Crippen LogP contribution in [0.1, 0.15) is 28.7 Å². The highest BCUT2D eigenvalue weighted by Crippen LogP contribution is 2.36. The number of nitrogens with two attached hydrogens (primary N) is 1. The first kappa shape index (κ1) is 21.9. The van der Waals surface area contributed by atoms with Crippen LogP contribution in [0.5, 0.6) is 0 Å². The smallest absolute Gasteiger partial charge is 0.256 e. The standard InChI is InChI=1S/C25H28FN5O/c1-4-30-11-13-31(14-12-30)25(32)21-6-5-18(15-22(21)26)20-9-10-28-17(3)24(20)19-7-8-23(27)29-16(19)2/h5-10,15H,4,11-14H2,1-3H3,(H2,27,29). The summed E-state index contributed by atoms with van der Waals surface area (Å²) in [6.07, 6.45) is 1.71. The van der Waals surface area contributed by atoms with E-state index < -0.39 is 5.82 Å². The van der Waals surface area contributed by atoms with E-state index in [0.717, 1.165) is 47.7 Å². The van der Waals surface area contributed by atoms with Crippen molar-refractivity contribution in [3.8, 4) is 22.3 Å². The Morgan fingerprint density at radius 1 is 1.03 bits per heavy atom.